The highest BCUT2D eigenvalue weighted by atomic mass is 35.5. The van der Waals surface area contributed by atoms with Crippen molar-refractivity contribution in [3.63, 3.8) is 0 Å². The molecule has 23 heavy (non-hydrogen) atoms. The van der Waals surface area contributed by atoms with Crippen LogP contribution in [0.1, 0.15) is 23.9 Å². The third-order valence-electron chi connectivity index (χ3n) is 3.03. The van der Waals surface area contributed by atoms with E-state index >= 15 is 0 Å². The highest BCUT2D eigenvalue weighted by Crippen LogP contribution is 2.24. The molecule has 0 aliphatic heterocycles. The summed E-state index contributed by atoms with van der Waals surface area (Å²) in [6, 6.07) is 10.4. The van der Waals surface area contributed by atoms with Crippen molar-refractivity contribution in [2.75, 3.05) is 6.61 Å². The van der Waals surface area contributed by atoms with Gasteiger partial charge >= 0.3 is 11.9 Å². The third-order valence-corrected chi connectivity index (χ3v) is 3.27. The number of carbonyl (C=O) groups is 1. The lowest BCUT2D eigenvalue weighted by Crippen LogP contribution is -2.14. The monoisotopic (exact) mass is 331 g/mol. The van der Waals surface area contributed by atoms with Crippen LogP contribution in [0.2, 0.25) is 5.02 Å². The molecule has 6 nitrogen and oxygen atoms in total. The molecular weight excluding hydrogens is 318 g/mol. The van der Waals surface area contributed by atoms with E-state index in [9.17, 15) is 4.79 Å². The van der Waals surface area contributed by atoms with Crippen LogP contribution in [-0.4, -0.2) is 27.3 Å². The van der Waals surface area contributed by atoms with Crippen LogP contribution in [0.3, 0.4) is 0 Å². The molecule has 1 aromatic carbocycles. The average Bonchev–Trinajstić information content (AvgIpc) is 3.22. The Bertz CT molecular complexity index is 812. The summed E-state index contributed by atoms with van der Waals surface area (Å²) in [5.74, 6) is 0.0871. The Hall–Kier alpha value is -2.60. The Kier molecular flexibility index (Phi) is 4.43. The van der Waals surface area contributed by atoms with Crippen LogP contribution in [0.25, 0.3) is 11.4 Å². The molecule has 2 aromatic heterocycles. The molecule has 0 saturated carbocycles. The van der Waals surface area contributed by atoms with Crippen molar-refractivity contribution in [1.29, 1.82) is 0 Å². The zero-order chi connectivity index (χ0) is 16.2. The summed E-state index contributed by atoms with van der Waals surface area (Å²) in [5.41, 5.74) is 0.663. The number of benzene rings is 1. The minimum absolute atomic E-state index is 0.140. The van der Waals surface area contributed by atoms with Gasteiger partial charge in [-0.2, -0.15) is 9.67 Å². The molecule has 0 fully saturated rings. The standard InChI is InChI=1S/C16H14ClN3O3/c1-2-8-23-16-18-14(11-5-3-6-12(17)10-11)20(19-16)15(21)13-7-4-9-22-13/h3-7,9-10H,2,8H2,1H3. The first-order valence-electron chi connectivity index (χ1n) is 7.13. The molecule has 118 valence electrons. The summed E-state index contributed by atoms with van der Waals surface area (Å²) >= 11 is 6.02. The number of hydrogen-bond acceptors (Lipinski definition) is 5. The third kappa shape index (κ3) is 3.27. The Morgan fingerprint density at radius 1 is 1.35 bits per heavy atom. The molecule has 0 aliphatic carbocycles. The number of hydrogen-bond donors (Lipinski definition) is 0. The molecule has 0 radical (unpaired) electrons. The molecule has 0 unspecified atom stereocenters. The quantitative estimate of drug-likeness (QED) is 0.713. The maximum Gasteiger partial charge on any atom is 0.336 e. The molecule has 0 amide bonds. The maximum atomic E-state index is 12.6. The number of nitrogens with zero attached hydrogens (tertiary/aromatic N) is 3. The summed E-state index contributed by atoms with van der Waals surface area (Å²) in [6.07, 6.45) is 2.24. The molecule has 7 heteroatoms. The van der Waals surface area contributed by atoms with Crippen molar-refractivity contribution >= 4 is 17.5 Å². The van der Waals surface area contributed by atoms with Crippen LogP contribution < -0.4 is 4.74 Å². The average molecular weight is 332 g/mol. The predicted molar refractivity (Wildman–Crippen MR) is 84.7 cm³/mol. The lowest BCUT2D eigenvalue weighted by atomic mass is 10.2. The first-order valence-corrected chi connectivity index (χ1v) is 7.51. The van der Waals surface area contributed by atoms with Crippen molar-refractivity contribution in [3.8, 4) is 17.4 Å². The van der Waals surface area contributed by atoms with E-state index in [1.54, 1.807) is 36.4 Å². The van der Waals surface area contributed by atoms with E-state index in [4.69, 9.17) is 20.8 Å². The van der Waals surface area contributed by atoms with Gasteiger partial charge in [-0.1, -0.05) is 30.7 Å². The fourth-order valence-electron chi connectivity index (χ4n) is 2.01. The zero-order valence-electron chi connectivity index (χ0n) is 12.4. The van der Waals surface area contributed by atoms with E-state index in [1.165, 1.54) is 6.26 Å². The van der Waals surface area contributed by atoms with Crippen molar-refractivity contribution in [2.24, 2.45) is 0 Å². The zero-order valence-corrected chi connectivity index (χ0v) is 13.2. The molecule has 0 spiro atoms. The SMILES string of the molecule is CCCOc1nc(-c2cccc(Cl)c2)n(C(=O)c2ccco2)n1. The number of rotatable bonds is 5. The van der Waals surface area contributed by atoms with Gasteiger partial charge in [-0.3, -0.25) is 4.79 Å². The molecule has 3 aromatic rings. The van der Waals surface area contributed by atoms with Gasteiger partial charge in [0.25, 0.3) is 0 Å². The first kappa shape index (κ1) is 15.3. The Morgan fingerprint density at radius 3 is 2.91 bits per heavy atom. The summed E-state index contributed by atoms with van der Waals surface area (Å²) in [6.45, 7) is 2.44. The molecule has 0 atom stereocenters. The van der Waals surface area contributed by atoms with Crippen LogP contribution in [0.4, 0.5) is 0 Å². The van der Waals surface area contributed by atoms with Gasteiger partial charge in [-0.25, -0.2) is 0 Å². The summed E-state index contributed by atoms with van der Waals surface area (Å²) in [5, 5.41) is 4.68. The highest BCUT2D eigenvalue weighted by Gasteiger charge is 2.21. The van der Waals surface area contributed by atoms with Gasteiger partial charge in [0, 0.05) is 10.6 Å². The van der Waals surface area contributed by atoms with E-state index < -0.39 is 5.91 Å². The molecule has 3 rings (SSSR count). The minimum Gasteiger partial charge on any atom is -0.462 e. The number of halogens is 1. The second-order valence-electron chi connectivity index (χ2n) is 4.77. The van der Waals surface area contributed by atoms with Gasteiger partial charge in [-0.05, 0) is 30.7 Å². The Balaban J connectivity index is 2.05. The van der Waals surface area contributed by atoms with E-state index in [0.717, 1.165) is 11.1 Å². The second-order valence-corrected chi connectivity index (χ2v) is 5.21. The van der Waals surface area contributed by atoms with Gasteiger partial charge in [0.1, 0.15) is 0 Å². The van der Waals surface area contributed by atoms with Gasteiger partial charge < -0.3 is 9.15 Å². The molecular formula is C16H14ClN3O3. The van der Waals surface area contributed by atoms with Crippen LogP contribution in [0.5, 0.6) is 6.01 Å². The number of aromatic nitrogens is 3. The molecule has 2 heterocycles. The number of carbonyl (C=O) groups excluding carboxylic acids is 1. The van der Waals surface area contributed by atoms with Crippen molar-refractivity contribution in [2.45, 2.75) is 13.3 Å². The van der Waals surface area contributed by atoms with E-state index in [2.05, 4.69) is 10.1 Å². The number of furan rings is 1. The molecule has 0 N–H and O–H groups in total. The van der Waals surface area contributed by atoms with Crippen LogP contribution >= 0.6 is 11.6 Å². The van der Waals surface area contributed by atoms with Crippen LogP contribution in [0.15, 0.2) is 47.1 Å². The van der Waals surface area contributed by atoms with Crippen molar-refractivity contribution < 1.29 is 13.9 Å². The van der Waals surface area contributed by atoms with Crippen LogP contribution in [-0.2, 0) is 0 Å². The van der Waals surface area contributed by atoms with E-state index in [1.807, 2.05) is 6.92 Å². The lowest BCUT2D eigenvalue weighted by Gasteiger charge is -2.02. The number of ether oxygens (including phenoxy) is 1. The van der Waals surface area contributed by atoms with Gasteiger partial charge in [0.15, 0.2) is 11.6 Å². The smallest absolute Gasteiger partial charge is 0.336 e. The summed E-state index contributed by atoms with van der Waals surface area (Å²) in [4.78, 5) is 16.9. The summed E-state index contributed by atoms with van der Waals surface area (Å²) in [7, 11) is 0. The maximum absolute atomic E-state index is 12.6. The van der Waals surface area contributed by atoms with Gasteiger partial charge in [0.05, 0.1) is 12.9 Å². The largest absolute Gasteiger partial charge is 0.462 e. The summed E-state index contributed by atoms with van der Waals surface area (Å²) < 4.78 is 11.7. The fraction of sp³-hybridized carbons (Fsp3) is 0.188. The molecule has 0 aliphatic rings. The Morgan fingerprint density at radius 2 is 2.22 bits per heavy atom. The van der Waals surface area contributed by atoms with Crippen molar-refractivity contribution in [3.05, 3.63) is 53.4 Å². The van der Waals surface area contributed by atoms with E-state index in [-0.39, 0.29) is 11.8 Å². The fourth-order valence-corrected chi connectivity index (χ4v) is 2.20. The van der Waals surface area contributed by atoms with Crippen molar-refractivity contribution in [1.82, 2.24) is 14.8 Å². The lowest BCUT2D eigenvalue weighted by molar-refractivity contribution is 0.0917. The minimum atomic E-state index is -0.427. The second kappa shape index (κ2) is 6.66. The normalized spacial score (nSPS) is 10.7. The first-order chi connectivity index (χ1) is 11.2. The van der Waals surface area contributed by atoms with E-state index in [0.29, 0.717) is 23.0 Å². The van der Waals surface area contributed by atoms with Gasteiger partial charge in [-0.15, -0.1) is 5.10 Å². The highest BCUT2D eigenvalue weighted by molar-refractivity contribution is 6.30. The topological polar surface area (TPSA) is 70.2 Å². The molecule has 0 saturated heterocycles. The Labute approximate surface area is 137 Å². The molecule has 0 bridgehead atoms. The van der Waals surface area contributed by atoms with Crippen LogP contribution in [0, 0.1) is 0 Å². The predicted octanol–water partition coefficient (Wildman–Crippen LogP) is 3.67. The van der Waals surface area contributed by atoms with Gasteiger partial charge in [0.2, 0.25) is 0 Å².